The number of hydrogen-bond donors (Lipinski definition) is 1. The topological polar surface area (TPSA) is 41.6 Å². The van der Waals surface area contributed by atoms with E-state index in [1.807, 2.05) is 38.1 Å². The van der Waals surface area contributed by atoms with Gasteiger partial charge in [0.05, 0.1) is 17.1 Å². The number of hydrogen-bond acceptors (Lipinski definition) is 2. The predicted molar refractivity (Wildman–Crippen MR) is 76.7 cm³/mol. The van der Waals surface area contributed by atoms with Gasteiger partial charge in [-0.25, -0.2) is 9.37 Å². The van der Waals surface area contributed by atoms with Crippen molar-refractivity contribution >= 4 is 0 Å². The van der Waals surface area contributed by atoms with E-state index in [0.717, 1.165) is 22.5 Å². The average molecular weight is 267 g/mol. The Morgan fingerprint density at radius 1 is 0.950 bits per heavy atom. The summed E-state index contributed by atoms with van der Waals surface area (Å²) in [6, 6.07) is 10.9. The molecule has 0 aliphatic rings. The molecule has 0 spiro atoms. The van der Waals surface area contributed by atoms with Crippen molar-refractivity contribution < 1.29 is 4.39 Å². The fourth-order valence-corrected chi connectivity index (χ4v) is 2.17. The van der Waals surface area contributed by atoms with Gasteiger partial charge >= 0.3 is 0 Å². The first-order chi connectivity index (χ1) is 9.63. The van der Waals surface area contributed by atoms with Crippen LogP contribution < -0.4 is 0 Å². The maximum Gasteiger partial charge on any atom is 0.132 e. The maximum absolute atomic E-state index is 14.1. The van der Waals surface area contributed by atoms with Gasteiger partial charge < -0.3 is 0 Å². The molecule has 4 heteroatoms. The van der Waals surface area contributed by atoms with Crippen LogP contribution in [0.4, 0.5) is 4.39 Å². The Labute approximate surface area is 116 Å². The van der Waals surface area contributed by atoms with Gasteiger partial charge in [0.25, 0.3) is 0 Å². The van der Waals surface area contributed by atoms with E-state index in [2.05, 4.69) is 15.2 Å². The molecule has 2 aromatic heterocycles. The molecule has 0 fully saturated rings. The van der Waals surface area contributed by atoms with Gasteiger partial charge in [0.2, 0.25) is 0 Å². The van der Waals surface area contributed by atoms with Crippen LogP contribution in [0.2, 0.25) is 0 Å². The molecule has 0 atom stereocenters. The number of aromatic amines is 1. The molecule has 0 saturated heterocycles. The number of aromatic nitrogens is 3. The highest BCUT2D eigenvalue weighted by Crippen LogP contribution is 2.26. The van der Waals surface area contributed by atoms with Crippen molar-refractivity contribution in [3.8, 4) is 22.6 Å². The van der Waals surface area contributed by atoms with Crippen LogP contribution in [0.1, 0.15) is 11.1 Å². The number of nitrogens with one attached hydrogen (secondary N) is 1. The lowest BCUT2D eigenvalue weighted by molar-refractivity contribution is 0.629. The van der Waals surface area contributed by atoms with Gasteiger partial charge in [-0.05, 0) is 55.3 Å². The van der Waals surface area contributed by atoms with Crippen LogP contribution in [-0.2, 0) is 0 Å². The molecule has 2 heterocycles. The second-order valence-electron chi connectivity index (χ2n) is 4.87. The summed E-state index contributed by atoms with van der Waals surface area (Å²) in [5, 5.41) is 6.80. The van der Waals surface area contributed by atoms with Crippen molar-refractivity contribution in [2.45, 2.75) is 13.8 Å². The van der Waals surface area contributed by atoms with Gasteiger partial charge in [-0.2, -0.15) is 5.10 Å². The highest BCUT2D eigenvalue weighted by Gasteiger charge is 2.10. The summed E-state index contributed by atoms with van der Waals surface area (Å²) in [5.41, 5.74) is 4.65. The smallest absolute Gasteiger partial charge is 0.132 e. The van der Waals surface area contributed by atoms with Crippen LogP contribution in [0.3, 0.4) is 0 Å². The third-order valence-corrected chi connectivity index (χ3v) is 3.15. The molecule has 0 amide bonds. The van der Waals surface area contributed by atoms with Crippen LogP contribution in [0.5, 0.6) is 0 Å². The zero-order chi connectivity index (χ0) is 14.1. The lowest BCUT2D eigenvalue weighted by atomic mass is 10.1. The summed E-state index contributed by atoms with van der Waals surface area (Å²) in [7, 11) is 0. The quantitative estimate of drug-likeness (QED) is 0.765. The largest absolute Gasteiger partial charge is 0.276 e. The van der Waals surface area contributed by atoms with E-state index in [0.29, 0.717) is 11.3 Å². The van der Waals surface area contributed by atoms with E-state index >= 15 is 0 Å². The lowest BCUT2D eigenvalue weighted by Gasteiger charge is -2.07. The Balaban J connectivity index is 2.14. The third-order valence-electron chi connectivity index (χ3n) is 3.15. The summed E-state index contributed by atoms with van der Waals surface area (Å²) in [6.45, 7) is 3.84. The molecule has 1 N–H and O–H groups in total. The SMILES string of the molecule is Cc1cc(-c2ccn[nH]2)nc(-c2ccc(C)cc2F)c1. The minimum absolute atomic E-state index is 0.251. The van der Waals surface area contributed by atoms with E-state index in [-0.39, 0.29) is 5.82 Å². The molecule has 0 bridgehead atoms. The first-order valence-corrected chi connectivity index (χ1v) is 6.38. The number of nitrogens with zero attached hydrogens (tertiary/aromatic N) is 2. The van der Waals surface area contributed by atoms with Gasteiger partial charge in [0, 0.05) is 11.8 Å². The van der Waals surface area contributed by atoms with Crippen molar-refractivity contribution in [3.05, 3.63) is 59.5 Å². The molecule has 0 radical (unpaired) electrons. The first kappa shape index (κ1) is 12.5. The summed E-state index contributed by atoms with van der Waals surface area (Å²) in [6.07, 6.45) is 1.67. The number of H-pyrrole nitrogens is 1. The van der Waals surface area contributed by atoms with Crippen molar-refractivity contribution in [1.29, 1.82) is 0 Å². The Morgan fingerprint density at radius 3 is 2.45 bits per heavy atom. The lowest BCUT2D eigenvalue weighted by Crippen LogP contribution is -1.93. The third kappa shape index (κ3) is 2.32. The average Bonchev–Trinajstić information content (AvgIpc) is 2.91. The molecule has 0 unspecified atom stereocenters. The van der Waals surface area contributed by atoms with E-state index < -0.39 is 0 Å². The molecule has 0 saturated carbocycles. The monoisotopic (exact) mass is 267 g/mol. The van der Waals surface area contributed by atoms with E-state index in [4.69, 9.17) is 0 Å². The number of benzene rings is 1. The van der Waals surface area contributed by atoms with Crippen LogP contribution in [0.25, 0.3) is 22.6 Å². The summed E-state index contributed by atoms with van der Waals surface area (Å²) >= 11 is 0. The van der Waals surface area contributed by atoms with Crippen molar-refractivity contribution in [2.24, 2.45) is 0 Å². The molecular formula is C16H14FN3. The second kappa shape index (κ2) is 4.89. The minimum Gasteiger partial charge on any atom is -0.276 e. The van der Waals surface area contributed by atoms with Crippen LogP contribution in [-0.4, -0.2) is 15.2 Å². The van der Waals surface area contributed by atoms with E-state index in [9.17, 15) is 4.39 Å². The summed E-state index contributed by atoms with van der Waals surface area (Å²) in [4.78, 5) is 4.53. The van der Waals surface area contributed by atoms with Crippen molar-refractivity contribution in [1.82, 2.24) is 15.2 Å². The number of rotatable bonds is 2. The minimum atomic E-state index is -0.251. The molecule has 0 aliphatic carbocycles. The molecule has 100 valence electrons. The van der Waals surface area contributed by atoms with Gasteiger partial charge in [-0.1, -0.05) is 6.07 Å². The molecule has 20 heavy (non-hydrogen) atoms. The molecular weight excluding hydrogens is 253 g/mol. The molecule has 3 aromatic rings. The van der Waals surface area contributed by atoms with Gasteiger partial charge in [-0.15, -0.1) is 0 Å². The van der Waals surface area contributed by atoms with Crippen molar-refractivity contribution in [2.75, 3.05) is 0 Å². The molecule has 3 rings (SSSR count). The standard InChI is InChI=1S/C16H14FN3/c1-10-3-4-12(13(17)7-10)15-8-11(2)9-16(19-15)14-5-6-18-20-14/h3-9H,1-2H3,(H,18,20). The fraction of sp³-hybridized carbons (Fsp3) is 0.125. The maximum atomic E-state index is 14.1. The summed E-state index contributed by atoms with van der Waals surface area (Å²) in [5.74, 6) is -0.251. The zero-order valence-corrected chi connectivity index (χ0v) is 11.3. The summed E-state index contributed by atoms with van der Waals surface area (Å²) < 4.78 is 14.1. The highest BCUT2D eigenvalue weighted by atomic mass is 19.1. The predicted octanol–water partition coefficient (Wildman–Crippen LogP) is 3.89. The van der Waals surface area contributed by atoms with E-state index in [1.54, 1.807) is 12.3 Å². The van der Waals surface area contributed by atoms with Crippen molar-refractivity contribution in [3.63, 3.8) is 0 Å². The van der Waals surface area contributed by atoms with E-state index in [1.165, 1.54) is 6.07 Å². The van der Waals surface area contributed by atoms with Crippen LogP contribution in [0.15, 0.2) is 42.6 Å². The normalized spacial score (nSPS) is 10.8. The second-order valence-corrected chi connectivity index (χ2v) is 4.87. The van der Waals surface area contributed by atoms with Gasteiger partial charge in [0.15, 0.2) is 0 Å². The molecule has 3 nitrogen and oxygen atoms in total. The Morgan fingerprint density at radius 2 is 1.75 bits per heavy atom. The molecule has 1 aromatic carbocycles. The van der Waals surface area contributed by atoms with Crippen LogP contribution >= 0.6 is 0 Å². The Hall–Kier alpha value is -2.49. The zero-order valence-electron chi connectivity index (χ0n) is 11.3. The number of aryl methyl sites for hydroxylation is 2. The Bertz CT molecular complexity index is 748. The van der Waals surface area contributed by atoms with Crippen LogP contribution in [0, 0.1) is 19.7 Å². The Kier molecular flexibility index (Phi) is 3.06. The van der Waals surface area contributed by atoms with Gasteiger partial charge in [0.1, 0.15) is 5.82 Å². The first-order valence-electron chi connectivity index (χ1n) is 6.38. The van der Waals surface area contributed by atoms with Gasteiger partial charge in [-0.3, -0.25) is 5.10 Å². The highest BCUT2D eigenvalue weighted by molar-refractivity contribution is 5.66. The number of pyridine rings is 1. The molecule has 0 aliphatic heterocycles. The fourth-order valence-electron chi connectivity index (χ4n) is 2.17. The number of halogens is 1.